The second-order valence-electron chi connectivity index (χ2n) is 7.17. The Bertz CT molecular complexity index is 579. The number of nitrogens with two attached hydrogens (primary N) is 1. The van der Waals surface area contributed by atoms with Crippen molar-refractivity contribution in [3.63, 3.8) is 0 Å². The lowest BCUT2D eigenvalue weighted by Crippen LogP contribution is -2.58. The molecule has 30 heavy (non-hydrogen) atoms. The topological polar surface area (TPSA) is 151 Å². The molecule has 0 heterocycles. The van der Waals surface area contributed by atoms with Crippen molar-refractivity contribution in [2.45, 2.75) is 64.2 Å². The van der Waals surface area contributed by atoms with Crippen molar-refractivity contribution in [1.29, 1.82) is 0 Å². The second kappa shape index (κ2) is 15.4. The maximum absolute atomic E-state index is 12.9. The van der Waals surface area contributed by atoms with Gasteiger partial charge in [0.05, 0.1) is 6.04 Å². The van der Waals surface area contributed by atoms with E-state index in [-0.39, 0.29) is 5.92 Å². The summed E-state index contributed by atoms with van der Waals surface area (Å²) in [6.07, 6.45) is 5.25. The fraction of sp³-hybridized carbons (Fsp3) is 0.789. The Kier molecular flexibility index (Phi) is 14.6. The second-order valence-corrected chi connectivity index (χ2v) is 9.14. The molecule has 0 radical (unpaired) electrons. The molecule has 5 atom stereocenters. The number of rotatable bonds is 15. The van der Waals surface area contributed by atoms with E-state index >= 15 is 0 Å². The van der Waals surface area contributed by atoms with Crippen molar-refractivity contribution in [1.82, 2.24) is 16.0 Å². The molecule has 9 nitrogen and oxygen atoms in total. The largest absolute Gasteiger partial charge is 0.480 e. The highest BCUT2D eigenvalue weighted by Crippen LogP contribution is 2.11. The summed E-state index contributed by atoms with van der Waals surface area (Å²) >= 11 is 3.09. The molecule has 3 amide bonds. The predicted molar refractivity (Wildman–Crippen MR) is 123 cm³/mol. The zero-order valence-corrected chi connectivity index (χ0v) is 20.0. The third-order valence-electron chi connectivity index (χ3n) is 4.74. The molecule has 0 spiro atoms. The van der Waals surface area contributed by atoms with Gasteiger partial charge < -0.3 is 26.8 Å². The Morgan fingerprint density at radius 2 is 1.47 bits per heavy atom. The molecule has 0 aliphatic carbocycles. The Hall–Kier alpha value is -1.46. The van der Waals surface area contributed by atoms with Crippen LogP contribution in [0, 0.1) is 5.92 Å². The zero-order chi connectivity index (χ0) is 23.3. The maximum atomic E-state index is 12.9. The first-order chi connectivity index (χ1) is 14.1. The monoisotopic (exact) mass is 464 g/mol. The Balaban J connectivity index is 5.29. The first-order valence-corrected chi connectivity index (χ1v) is 12.7. The van der Waals surface area contributed by atoms with Crippen LogP contribution in [-0.2, 0) is 19.2 Å². The van der Waals surface area contributed by atoms with E-state index in [1.54, 1.807) is 11.8 Å². The SMILES string of the molecule is CCC(C)C(NC(=O)C(N)CCSC)C(=O)NC(CCSC)C(=O)NC(C)C(=O)O. The van der Waals surface area contributed by atoms with Crippen LogP contribution >= 0.6 is 23.5 Å². The number of hydrogen-bond donors (Lipinski definition) is 5. The molecule has 0 aromatic heterocycles. The number of nitrogens with one attached hydrogen (secondary N) is 3. The van der Waals surface area contributed by atoms with Gasteiger partial charge in [-0.2, -0.15) is 23.5 Å². The first-order valence-electron chi connectivity index (χ1n) is 9.96. The number of amides is 3. The lowest BCUT2D eigenvalue weighted by atomic mass is 9.97. The molecule has 11 heteroatoms. The predicted octanol–water partition coefficient (Wildman–Crippen LogP) is 0.425. The summed E-state index contributed by atoms with van der Waals surface area (Å²) in [5, 5.41) is 16.8. The molecule has 0 aliphatic heterocycles. The van der Waals surface area contributed by atoms with E-state index in [1.165, 1.54) is 18.7 Å². The van der Waals surface area contributed by atoms with Gasteiger partial charge in [-0.1, -0.05) is 20.3 Å². The van der Waals surface area contributed by atoms with E-state index in [0.717, 1.165) is 5.75 Å². The average Bonchev–Trinajstić information content (AvgIpc) is 2.71. The Labute approximate surface area is 187 Å². The standard InChI is InChI=1S/C19H36N4O5S2/c1-6-11(2)15(23-16(24)13(20)7-9-29-4)18(26)22-14(8-10-30-5)17(25)21-12(3)19(27)28/h11-15H,6-10,20H2,1-5H3,(H,21,25)(H,22,26)(H,23,24)(H,27,28). The van der Waals surface area contributed by atoms with Gasteiger partial charge in [0.25, 0.3) is 0 Å². The van der Waals surface area contributed by atoms with E-state index in [1.807, 2.05) is 26.4 Å². The molecule has 0 aromatic carbocycles. The zero-order valence-electron chi connectivity index (χ0n) is 18.4. The van der Waals surface area contributed by atoms with E-state index < -0.39 is 47.9 Å². The van der Waals surface area contributed by atoms with Gasteiger partial charge in [-0.3, -0.25) is 19.2 Å². The van der Waals surface area contributed by atoms with E-state index in [4.69, 9.17) is 10.8 Å². The number of carbonyl (C=O) groups is 4. The molecule has 0 aromatic rings. The van der Waals surface area contributed by atoms with Crippen LogP contribution in [0.15, 0.2) is 0 Å². The molecule has 0 aliphatic rings. The molecule has 5 unspecified atom stereocenters. The van der Waals surface area contributed by atoms with Gasteiger partial charge in [0, 0.05) is 0 Å². The molecule has 0 rings (SSSR count). The van der Waals surface area contributed by atoms with Crippen molar-refractivity contribution in [3.05, 3.63) is 0 Å². The molecule has 0 saturated carbocycles. The average molecular weight is 465 g/mol. The normalized spacial score (nSPS) is 15.9. The summed E-state index contributed by atoms with van der Waals surface area (Å²) in [4.78, 5) is 48.9. The quantitative estimate of drug-likeness (QED) is 0.234. The lowest BCUT2D eigenvalue weighted by molar-refractivity contribution is -0.141. The van der Waals surface area contributed by atoms with Crippen molar-refractivity contribution < 1.29 is 24.3 Å². The van der Waals surface area contributed by atoms with Crippen LogP contribution in [0.5, 0.6) is 0 Å². The lowest BCUT2D eigenvalue weighted by Gasteiger charge is -2.27. The molecule has 0 fully saturated rings. The van der Waals surface area contributed by atoms with Gasteiger partial charge in [0.15, 0.2) is 0 Å². The van der Waals surface area contributed by atoms with Crippen LogP contribution < -0.4 is 21.7 Å². The summed E-state index contributed by atoms with van der Waals surface area (Å²) in [6.45, 7) is 5.09. The Morgan fingerprint density at radius 1 is 0.900 bits per heavy atom. The van der Waals surface area contributed by atoms with Crippen LogP contribution in [0.2, 0.25) is 0 Å². The number of carbonyl (C=O) groups excluding carboxylic acids is 3. The minimum absolute atomic E-state index is 0.177. The smallest absolute Gasteiger partial charge is 0.325 e. The van der Waals surface area contributed by atoms with Gasteiger partial charge in [0.2, 0.25) is 17.7 Å². The highest BCUT2D eigenvalue weighted by Gasteiger charge is 2.31. The van der Waals surface area contributed by atoms with Crippen molar-refractivity contribution >= 4 is 47.2 Å². The van der Waals surface area contributed by atoms with Crippen molar-refractivity contribution in [2.24, 2.45) is 11.7 Å². The minimum Gasteiger partial charge on any atom is -0.480 e. The molecule has 0 bridgehead atoms. The van der Waals surface area contributed by atoms with E-state index in [2.05, 4.69) is 16.0 Å². The summed E-state index contributed by atoms with van der Waals surface area (Å²) < 4.78 is 0. The summed E-state index contributed by atoms with van der Waals surface area (Å²) in [7, 11) is 0. The molecular formula is C19H36N4O5S2. The highest BCUT2D eigenvalue weighted by molar-refractivity contribution is 7.98. The van der Waals surface area contributed by atoms with Crippen molar-refractivity contribution in [2.75, 3.05) is 24.0 Å². The molecular weight excluding hydrogens is 428 g/mol. The summed E-state index contributed by atoms with van der Waals surface area (Å²) in [5.41, 5.74) is 5.91. The summed E-state index contributed by atoms with van der Waals surface area (Å²) in [6, 6.07) is -3.54. The Morgan fingerprint density at radius 3 is 1.97 bits per heavy atom. The number of thioether (sulfide) groups is 2. The fourth-order valence-electron chi connectivity index (χ4n) is 2.48. The van der Waals surface area contributed by atoms with Crippen LogP contribution in [0.1, 0.15) is 40.0 Å². The first kappa shape index (κ1) is 28.5. The number of hydrogen-bond acceptors (Lipinski definition) is 7. The third-order valence-corrected chi connectivity index (χ3v) is 6.02. The van der Waals surface area contributed by atoms with Gasteiger partial charge in [-0.15, -0.1) is 0 Å². The molecule has 0 saturated heterocycles. The summed E-state index contributed by atoms with van der Waals surface area (Å²) in [5.74, 6) is -1.48. The van der Waals surface area contributed by atoms with Gasteiger partial charge in [-0.05, 0) is 49.7 Å². The van der Waals surface area contributed by atoms with Gasteiger partial charge in [0.1, 0.15) is 18.1 Å². The molecule has 6 N–H and O–H groups in total. The fourth-order valence-corrected chi connectivity index (χ4v) is 3.44. The van der Waals surface area contributed by atoms with Crippen molar-refractivity contribution in [3.8, 4) is 0 Å². The van der Waals surface area contributed by atoms with E-state index in [9.17, 15) is 19.2 Å². The molecule has 174 valence electrons. The van der Waals surface area contributed by atoms with Gasteiger partial charge >= 0.3 is 5.97 Å². The minimum atomic E-state index is -1.16. The van der Waals surface area contributed by atoms with E-state index in [0.29, 0.717) is 25.0 Å². The number of carboxylic acid groups (broad SMARTS) is 1. The number of aliphatic carboxylic acids is 1. The maximum Gasteiger partial charge on any atom is 0.325 e. The van der Waals surface area contributed by atoms with Crippen LogP contribution in [0.25, 0.3) is 0 Å². The van der Waals surface area contributed by atoms with Crippen LogP contribution in [0.4, 0.5) is 0 Å². The number of carboxylic acids is 1. The van der Waals surface area contributed by atoms with Gasteiger partial charge in [-0.25, -0.2) is 0 Å². The third kappa shape index (κ3) is 10.5. The van der Waals surface area contributed by atoms with Crippen LogP contribution in [-0.4, -0.2) is 77.0 Å². The van der Waals surface area contributed by atoms with Crippen LogP contribution in [0.3, 0.4) is 0 Å². The highest BCUT2D eigenvalue weighted by atomic mass is 32.2.